The first kappa shape index (κ1) is 7.70. The molecule has 60 valence electrons. The third kappa shape index (κ3) is 1.62. The molecule has 1 aliphatic rings. The molecule has 0 fully saturated rings. The zero-order valence-electron chi connectivity index (χ0n) is 6.72. The summed E-state index contributed by atoms with van der Waals surface area (Å²) in [5.74, 6) is 2.30. The lowest BCUT2D eigenvalue weighted by Crippen LogP contribution is -2.01. The number of rotatable bonds is 1. The monoisotopic (exact) mass is 175 g/mol. The van der Waals surface area contributed by atoms with Crippen LogP contribution < -0.4 is 5.30 Å². The Kier molecular flexibility index (Phi) is 2.33. The minimum Gasteiger partial charge on any atom is -0.265 e. The molecule has 1 atom stereocenters. The topological polar surface area (TPSA) is 12.9 Å². The van der Waals surface area contributed by atoms with Crippen LogP contribution in [-0.2, 0) is 0 Å². The average Bonchev–Trinajstić information content (AvgIpc) is 2.21. The summed E-state index contributed by atoms with van der Waals surface area (Å²) in [4.78, 5) is 4.01. The number of hydrogen-bond donors (Lipinski definition) is 0. The molecule has 1 aromatic heterocycles. The zero-order valence-corrected chi connectivity index (χ0v) is 7.61. The lowest BCUT2D eigenvalue weighted by atomic mass is 10.5. The Morgan fingerprint density at radius 1 is 1.17 bits per heavy atom. The van der Waals surface area contributed by atoms with Crippen LogP contribution in [0.25, 0.3) is 0 Å². The maximum Gasteiger partial charge on any atom is 0.0274 e. The second-order valence-corrected chi connectivity index (χ2v) is 4.75. The fourth-order valence-electron chi connectivity index (χ4n) is 1.19. The van der Waals surface area contributed by atoms with E-state index >= 15 is 0 Å². The van der Waals surface area contributed by atoms with Crippen LogP contribution in [0.2, 0.25) is 0 Å². The molecule has 0 spiro atoms. The summed E-state index contributed by atoms with van der Waals surface area (Å²) in [6, 6.07) is 4.21. The predicted molar refractivity (Wildman–Crippen MR) is 53.9 cm³/mol. The fraction of sp³-hybridized carbons (Fsp3) is 0.100. The molecule has 0 saturated carbocycles. The fourth-order valence-corrected chi connectivity index (χ4v) is 2.87. The molecule has 2 rings (SSSR count). The van der Waals surface area contributed by atoms with Gasteiger partial charge in [-0.05, 0) is 31.5 Å². The second kappa shape index (κ2) is 3.64. The van der Waals surface area contributed by atoms with Crippen LogP contribution in [0.1, 0.15) is 0 Å². The lowest BCUT2D eigenvalue weighted by molar-refractivity contribution is 1.34. The van der Waals surface area contributed by atoms with Crippen molar-refractivity contribution in [1.82, 2.24) is 4.98 Å². The van der Waals surface area contributed by atoms with Crippen molar-refractivity contribution < 1.29 is 0 Å². The van der Waals surface area contributed by atoms with Gasteiger partial charge in [-0.25, -0.2) is 0 Å². The molecular weight excluding hydrogens is 165 g/mol. The minimum absolute atomic E-state index is 0.0742. The van der Waals surface area contributed by atoms with Gasteiger partial charge in [0.1, 0.15) is 0 Å². The molecule has 0 aliphatic carbocycles. The van der Waals surface area contributed by atoms with E-state index in [1.807, 2.05) is 12.4 Å². The van der Waals surface area contributed by atoms with E-state index in [0.29, 0.717) is 0 Å². The maximum absolute atomic E-state index is 4.01. The Labute approximate surface area is 73.6 Å². The lowest BCUT2D eigenvalue weighted by Gasteiger charge is -2.12. The molecule has 0 amide bonds. The summed E-state index contributed by atoms with van der Waals surface area (Å²) >= 11 is 0. The smallest absolute Gasteiger partial charge is 0.0274 e. The first-order valence-electron chi connectivity index (χ1n) is 3.97. The van der Waals surface area contributed by atoms with Gasteiger partial charge in [0.2, 0.25) is 0 Å². The van der Waals surface area contributed by atoms with Crippen molar-refractivity contribution in [3.05, 3.63) is 48.6 Å². The van der Waals surface area contributed by atoms with Gasteiger partial charge in [-0.3, -0.25) is 4.98 Å². The van der Waals surface area contributed by atoms with E-state index in [2.05, 4.69) is 41.2 Å². The minimum atomic E-state index is -0.0742. The molecule has 0 bridgehead atoms. The van der Waals surface area contributed by atoms with Crippen LogP contribution in [0.3, 0.4) is 0 Å². The number of pyridine rings is 1. The van der Waals surface area contributed by atoms with E-state index in [1.165, 1.54) is 11.5 Å². The number of allylic oxidation sites excluding steroid dienone is 3. The molecule has 1 aromatic rings. The molecule has 1 aliphatic heterocycles. The third-order valence-corrected chi connectivity index (χ3v) is 3.91. The highest BCUT2D eigenvalue weighted by Gasteiger charge is 2.05. The number of hydrogen-bond acceptors (Lipinski definition) is 1. The highest BCUT2D eigenvalue weighted by Crippen LogP contribution is 2.37. The molecule has 1 nitrogen and oxygen atoms in total. The molecule has 0 saturated heterocycles. The first-order chi connectivity index (χ1) is 5.97. The number of aromatic nitrogens is 1. The van der Waals surface area contributed by atoms with Crippen molar-refractivity contribution in [1.29, 1.82) is 0 Å². The average molecular weight is 175 g/mol. The molecule has 0 N–H and O–H groups in total. The van der Waals surface area contributed by atoms with Crippen LogP contribution in [0, 0.1) is 0 Å². The molecule has 0 aromatic carbocycles. The van der Waals surface area contributed by atoms with E-state index in [9.17, 15) is 0 Å². The SMILES string of the molecule is C1=CCP(c2ccncc2)C=C1. The molecule has 2 heterocycles. The summed E-state index contributed by atoms with van der Waals surface area (Å²) in [6.07, 6.45) is 11.4. The molecule has 1 unspecified atom stereocenters. The van der Waals surface area contributed by atoms with Gasteiger partial charge in [-0.15, -0.1) is 0 Å². The van der Waals surface area contributed by atoms with Gasteiger partial charge in [-0.2, -0.15) is 0 Å². The van der Waals surface area contributed by atoms with Crippen molar-refractivity contribution in [3.63, 3.8) is 0 Å². The van der Waals surface area contributed by atoms with Gasteiger partial charge in [0.15, 0.2) is 0 Å². The largest absolute Gasteiger partial charge is 0.265 e. The molecule has 12 heavy (non-hydrogen) atoms. The second-order valence-electron chi connectivity index (χ2n) is 2.63. The van der Waals surface area contributed by atoms with Crippen molar-refractivity contribution in [2.24, 2.45) is 0 Å². The van der Waals surface area contributed by atoms with Crippen LogP contribution in [0.15, 0.2) is 48.6 Å². The molecule has 0 radical (unpaired) electrons. The molecular formula is C10H10NP. The van der Waals surface area contributed by atoms with Gasteiger partial charge in [-0.1, -0.05) is 24.0 Å². The van der Waals surface area contributed by atoms with Gasteiger partial charge in [0.05, 0.1) is 0 Å². The predicted octanol–water partition coefficient (Wildman–Crippen LogP) is 2.27. The standard InChI is InChI=1S/C10H10NP/c1-2-8-12(9-3-1)10-4-6-11-7-5-10/h1-8H,9H2. The van der Waals surface area contributed by atoms with E-state index in [4.69, 9.17) is 0 Å². The van der Waals surface area contributed by atoms with Gasteiger partial charge < -0.3 is 0 Å². The first-order valence-corrected chi connectivity index (χ1v) is 5.56. The van der Waals surface area contributed by atoms with E-state index in [-0.39, 0.29) is 7.92 Å². The Balaban J connectivity index is 2.21. The maximum atomic E-state index is 4.01. The summed E-state index contributed by atoms with van der Waals surface area (Å²) in [5.41, 5.74) is 0. The van der Waals surface area contributed by atoms with Crippen molar-refractivity contribution in [2.75, 3.05) is 6.16 Å². The normalized spacial score (nSPS) is 21.2. The van der Waals surface area contributed by atoms with Gasteiger partial charge >= 0.3 is 0 Å². The van der Waals surface area contributed by atoms with E-state index in [1.54, 1.807) is 0 Å². The van der Waals surface area contributed by atoms with Crippen LogP contribution in [0.4, 0.5) is 0 Å². The van der Waals surface area contributed by atoms with Crippen molar-refractivity contribution in [3.8, 4) is 0 Å². The Morgan fingerprint density at radius 2 is 2.00 bits per heavy atom. The van der Waals surface area contributed by atoms with E-state index in [0.717, 1.165) is 0 Å². The van der Waals surface area contributed by atoms with Crippen LogP contribution in [0.5, 0.6) is 0 Å². The number of nitrogens with zero attached hydrogens (tertiary/aromatic N) is 1. The Morgan fingerprint density at radius 3 is 2.67 bits per heavy atom. The van der Waals surface area contributed by atoms with Crippen LogP contribution in [-0.4, -0.2) is 11.1 Å². The quantitative estimate of drug-likeness (QED) is 0.596. The summed E-state index contributed by atoms with van der Waals surface area (Å²) in [7, 11) is -0.0742. The summed E-state index contributed by atoms with van der Waals surface area (Å²) < 4.78 is 0. The van der Waals surface area contributed by atoms with E-state index < -0.39 is 0 Å². The highest BCUT2D eigenvalue weighted by molar-refractivity contribution is 7.68. The Hall–Kier alpha value is -0.940. The highest BCUT2D eigenvalue weighted by atomic mass is 31.1. The van der Waals surface area contributed by atoms with Gasteiger partial charge in [0, 0.05) is 12.4 Å². The third-order valence-electron chi connectivity index (χ3n) is 1.81. The summed E-state index contributed by atoms with van der Waals surface area (Å²) in [5, 5.41) is 1.42. The van der Waals surface area contributed by atoms with Crippen LogP contribution >= 0.6 is 7.92 Å². The summed E-state index contributed by atoms with van der Waals surface area (Å²) in [6.45, 7) is 0. The Bertz CT molecular complexity index is 303. The zero-order chi connectivity index (χ0) is 8.23. The van der Waals surface area contributed by atoms with Gasteiger partial charge in [0.25, 0.3) is 0 Å². The van der Waals surface area contributed by atoms with Crippen molar-refractivity contribution >= 4 is 13.2 Å². The van der Waals surface area contributed by atoms with Crippen molar-refractivity contribution in [2.45, 2.75) is 0 Å². The molecule has 2 heteroatoms.